The molecule has 7 heteroatoms. The SMILES string of the molecule is CSc1nc(-c2ccccc2)c2c(N)c(C(=O)Oc3ccccc3)sc2n1. The first kappa shape index (κ1) is 17.5. The molecule has 0 aliphatic rings. The molecule has 5 nitrogen and oxygen atoms in total. The summed E-state index contributed by atoms with van der Waals surface area (Å²) in [5.41, 5.74) is 8.34. The van der Waals surface area contributed by atoms with Crippen molar-refractivity contribution >= 4 is 45.0 Å². The molecule has 0 saturated carbocycles. The molecule has 0 aliphatic heterocycles. The number of hydrogen-bond donors (Lipinski definition) is 1. The minimum absolute atomic E-state index is 0.332. The minimum Gasteiger partial charge on any atom is -0.422 e. The molecule has 0 saturated heterocycles. The predicted molar refractivity (Wildman–Crippen MR) is 110 cm³/mol. The van der Waals surface area contributed by atoms with Crippen molar-refractivity contribution in [2.45, 2.75) is 5.16 Å². The molecule has 2 aromatic carbocycles. The van der Waals surface area contributed by atoms with Gasteiger partial charge in [0.2, 0.25) is 0 Å². The van der Waals surface area contributed by atoms with Crippen LogP contribution in [0.2, 0.25) is 0 Å². The Bertz CT molecular complexity index is 1110. The van der Waals surface area contributed by atoms with Gasteiger partial charge in [-0.2, -0.15) is 0 Å². The number of nitrogens with two attached hydrogens (primary N) is 1. The number of anilines is 1. The Morgan fingerprint density at radius 3 is 2.37 bits per heavy atom. The van der Waals surface area contributed by atoms with Crippen LogP contribution in [0, 0.1) is 0 Å². The monoisotopic (exact) mass is 393 g/mol. The van der Waals surface area contributed by atoms with Gasteiger partial charge in [-0.25, -0.2) is 14.8 Å². The Hall–Kier alpha value is -2.90. The van der Waals surface area contributed by atoms with Crippen molar-refractivity contribution in [1.29, 1.82) is 0 Å². The van der Waals surface area contributed by atoms with E-state index in [1.54, 1.807) is 24.3 Å². The lowest BCUT2D eigenvalue weighted by Gasteiger charge is -2.06. The molecule has 2 heterocycles. The number of fused-ring (bicyclic) bond motifs is 1. The van der Waals surface area contributed by atoms with Gasteiger partial charge >= 0.3 is 5.97 Å². The van der Waals surface area contributed by atoms with Gasteiger partial charge in [0.15, 0.2) is 5.16 Å². The number of carbonyl (C=O) groups is 1. The number of thioether (sulfide) groups is 1. The highest BCUT2D eigenvalue weighted by Crippen LogP contribution is 2.39. The fourth-order valence-corrected chi connectivity index (χ4v) is 4.09. The third-order valence-corrected chi connectivity index (χ3v) is 5.56. The van der Waals surface area contributed by atoms with Crippen molar-refractivity contribution in [2.24, 2.45) is 0 Å². The number of hydrogen-bond acceptors (Lipinski definition) is 7. The van der Waals surface area contributed by atoms with E-state index in [2.05, 4.69) is 9.97 Å². The Balaban J connectivity index is 1.85. The number of thiophene rings is 1. The summed E-state index contributed by atoms with van der Waals surface area (Å²) in [6.07, 6.45) is 1.91. The second kappa shape index (κ2) is 7.38. The van der Waals surface area contributed by atoms with Crippen LogP contribution in [0.1, 0.15) is 9.67 Å². The van der Waals surface area contributed by atoms with Gasteiger partial charge in [-0.05, 0) is 18.4 Å². The molecule has 4 rings (SSSR count). The fourth-order valence-electron chi connectivity index (χ4n) is 2.69. The minimum atomic E-state index is -0.494. The van der Waals surface area contributed by atoms with E-state index in [0.29, 0.717) is 31.7 Å². The summed E-state index contributed by atoms with van der Waals surface area (Å²) < 4.78 is 5.45. The molecule has 0 fully saturated rings. The van der Waals surface area contributed by atoms with E-state index in [1.165, 1.54) is 23.1 Å². The van der Waals surface area contributed by atoms with Crippen LogP contribution in [0.3, 0.4) is 0 Å². The van der Waals surface area contributed by atoms with E-state index in [9.17, 15) is 4.79 Å². The number of benzene rings is 2. The zero-order valence-electron chi connectivity index (χ0n) is 14.4. The number of para-hydroxylation sites is 1. The Morgan fingerprint density at radius 2 is 1.70 bits per heavy atom. The lowest BCUT2D eigenvalue weighted by Crippen LogP contribution is -2.08. The molecule has 0 spiro atoms. The average molecular weight is 393 g/mol. The van der Waals surface area contributed by atoms with E-state index >= 15 is 0 Å². The van der Waals surface area contributed by atoms with Crippen LogP contribution in [0.25, 0.3) is 21.5 Å². The number of nitrogens with zero attached hydrogens (tertiary/aromatic N) is 2. The predicted octanol–water partition coefficient (Wildman–Crippen LogP) is 4.88. The molecule has 0 atom stereocenters. The zero-order chi connectivity index (χ0) is 18.8. The summed E-state index contributed by atoms with van der Waals surface area (Å²) in [5.74, 6) is -0.0232. The Labute approximate surface area is 164 Å². The first-order valence-corrected chi connectivity index (χ1v) is 10.2. The summed E-state index contributed by atoms with van der Waals surface area (Å²) in [5, 5.41) is 1.31. The number of carbonyl (C=O) groups excluding carboxylic acids is 1. The average Bonchev–Trinajstić information content (AvgIpc) is 3.05. The first-order valence-electron chi connectivity index (χ1n) is 8.14. The zero-order valence-corrected chi connectivity index (χ0v) is 16.0. The van der Waals surface area contributed by atoms with Crippen LogP contribution in [-0.2, 0) is 0 Å². The van der Waals surface area contributed by atoms with E-state index in [-0.39, 0.29) is 0 Å². The van der Waals surface area contributed by atoms with E-state index in [4.69, 9.17) is 10.5 Å². The van der Waals surface area contributed by atoms with Crippen LogP contribution in [0.4, 0.5) is 5.69 Å². The number of aromatic nitrogens is 2. The molecule has 0 radical (unpaired) electrons. The molecule has 4 aromatic rings. The van der Waals surface area contributed by atoms with Gasteiger partial charge in [0.25, 0.3) is 0 Å². The molecule has 27 heavy (non-hydrogen) atoms. The highest BCUT2D eigenvalue weighted by Gasteiger charge is 2.23. The fraction of sp³-hybridized carbons (Fsp3) is 0.0500. The highest BCUT2D eigenvalue weighted by atomic mass is 32.2. The standard InChI is InChI=1S/C20H15N3O2S2/c1-26-20-22-16(12-8-4-2-5-9-12)14-15(21)17(27-18(14)23-20)19(24)25-13-10-6-3-7-11-13/h2-11H,21H2,1H3. The Kier molecular flexibility index (Phi) is 4.79. The summed E-state index contributed by atoms with van der Waals surface area (Å²) >= 11 is 2.67. The Morgan fingerprint density at radius 1 is 1.04 bits per heavy atom. The second-order valence-electron chi connectivity index (χ2n) is 5.65. The third kappa shape index (κ3) is 3.39. The normalized spacial score (nSPS) is 10.9. The van der Waals surface area contributed by atoms with Gasteiger partial charge in [0.05, 0.1) is 16.8 Å². The van der Waals surface area contributed by atoms with Crippen molar-refractivity contribution in [2.75, 3.05) is 12.0 Å². The van der Waals surface area contributed by atoms with Crippen molar-refractivity contribution in [3.63, 3.8) is 0 Å². The van der Waals surface area contributed by atoms with Crippen molar-refractivity contribution in [3.8, 4) is 17.0 Å². The summed E-state index contributed by atoms with van der Waals surface area (Å²) in [4.78, 5) is 22.8. The van der Waals surface area contributed by atoms with Gasteiger partial charge in [-0.15, -0.1) is 11.3 Å². The number of nitrogen functional groups attached to an aromatic ring is 1. The van der Waals surface area contributed by atoms with Crippen molar-refractivity contribution in [3.05, 3.63) is 65.5 Å². The molecule has 0 amide bonds. The van der Waals surface area contributed by atoms with Gasteiger partial charge in [0.1, 0.15) is 15.5 Å². The molecule has 0 unspecified atom stereocenters. The number of esters is 1. The maximum Gasteiger partial charge on any atom is 0.355 e. The molecule has 2 aromatic heterocycles. The smallest absolute Gasteiger partial charge is 0.355 e. The summed E-state index contributed by atoms with van der Waals surface area (Å²) in [6.45, 7) is 0. The molecular formula is C20H15N3O2S2. The van der Waals surface area contributed by atoms with Crippen LogP contribution in [0.5, 0.6) is 5.75 Å². The lowest BCUT2D eigenvalue weighted by atomic mass is 10.1. The maximum atomic E-state index is 12.7. The van der Waals surface area contributed by atoms with Crippen LogP contribution in [-0.4, -0.2) is 22.2 Å². The van der Waals surface area contributed by atoms with E-state index in [1.807, 2.05) is 42.7 Å². The van der Waals surface area contributed by atoms with E-state index in [0.717, 1.165) is 11.3 Å². The van der Waals surface area contributed by atoms with Gasteiger partial charge < -0.3 is 10.5 Å². The van der Waals surface area contributed by atoms with Crippen LogP contribution >= 0.6 is 23.1 Å². The maximum absolute atomic E-state index is 12.7. The van der Waals surface area contributed by atoms with E-state index < -0.39 is 5.97 Å². The number of rotatable bonds is 4. The summed E-state index contributed by atoms with van der Waals surface area (Å²) in [7, 11) is 0. The largest absolute Gasteiger partial charge is 0.422 e. The number of ether oxygens (including phenoxy) is 1. The molecule has 134 valence electrons. The third-order valence-electron chi connectivity index (χ3n) is 3.94. The molecular weight excluding hydrogens is 378 g/mol. The molecule has 2 N–H and O–H groups in total. The highest BCUT2D eigenvalue weighted by molar-refractivity contribution is 7.98. The van der Waals surface area contributed by atoms with Gasteiger partial charge in [-0.1, -0.05) is 60.3 Å². The molecule has 0 bridgehead atoms. The van der Waals surface area contributed by atoms with Crippen molar-refractivity contribution < 1.29 is 9.53 Å². The lowest BCUT2D eigenvalue weighted by molar-refractivity contribution is 0.0741. The van der Waals surface area contributed by atoms with Crippen LogP contribution in [0.15, 0.2) is 65.8 Å². The topological polar surface area (TPSA) is 78.1 Å². The van der Waals surface area contributed by atoms with Crippen LogP contribution < -0.4 is 10.5 Å². The first-order chi connectivity index (χ1) is 13.2. The van der Waals surface area contributed by atoms with Gasteiger partial charge in [0, 0.05) is 5.56 Å². The van der Waals surface area contributed by atoms with Crippen molar-refractivity contribution in [1.82, 2.24) is 9.97 Å². The second-order valence-corrected chi connectivity index (χ2v) is 7.42. The molecule has 0 aliphatic carbocycles. The quantitative estimate of drug-likeness (QED) is 0.230. The van der Waals surface area contributed by atoms with Gasteiger partial charge in [-0.3, -0.25) is 0 Å². The summed E-state index contributed by atoms with van der Waals surface area (Å²) in [6, 6.07) is 18.7.